The van der Waals surface area contributed by atoms with Crippen LogP contribution in [0.2, 0.25) is 0 Å². The summed E-state index contributed by atoms with van der Waals surface area (Å²) >= 11 is 0. The molecular formula is C17H18F3NO. The van der Waals surface area contributed by atoms with Gasteiger partial charge in [0.1, 0.15) is 11.6 Å². The molecule has 0 saturated carbocycles. The van der Waals surface area contributed by atoms with Crippen molar-refractivity contribution in [1.29, 1.82) is 0 Å². The van der Waals surface area contributed by atoms with Crippen molar-refractivity contribution in [2.75, 3.05) is 0 Å². The van der Waals surface area contributed by atoms with Gasteiger partial charge in [0.2, 0.25) is 0 Å². The summed E-state index contributed by atoms with van der Waals surface area (Å²) in [5.41, 5.74) is 1.50. The van der Waals surface area contributed by atoms with Crippen molar-refractivity contribution in [3.05, 3.63) is 65.5 Å². The average Bonchev–Trinajstić information content (AvgIpc) is 2.47. The molecule has 0 aliphatic heterocycles. The molecule has 0 radical (unpaired) electrons. The van der Waals surface area contributed by atoms with E-state index in [0.717, 1.165) is 5.56 Å². The van der Waals surface area contributed by atoms with Gasteiger partial charge in [0.05, 0.1) is 0 Å². The maximum absolute atomic E-state index is 13.7. The number of alkyl halides is 2. The fraction of sp³-hybridized carbons (Fsp3) is 0.294. The van der Waals surface area contributed by atoms with Crippen LogP contribution in [0.25, 0.3) is 0 Å². The lowest BCUT2D eigenvalue weighted by Crippen LogP contribution is -2.23. The first kappa shape index (κ1) is 16.4. The Morgan fingerprint density at radius 1 is 0.909 bits per heavy atom. The fourth-order valence-electron chi connectivity index (χ4n) is 2.33. The molecule has 0 aliphatic rings. The second-order valence-electron chi connectivity index (χ2n) is 5.08. The normalized spacial score (nSPS) is 13.9. The van der Waals surface area contributed by atoms with E-state index in [2.05, 4.69) is 10.1 Å². The highest BCUT2D eigenvalue weighted by Crippen LogP contribution is 2.23. The molecule has 2 aromatic carbocycles. The zero-order chi connectivity index (χ0) is 16.1. The summed E-state index contributed by atoms with van der Waals surface area (Å²) in [5.74, 6) is -0.136. The van der Waals surface area contributed by atoms with Crippen LogP contribution < -0.4 is 10.1 Å². The van der Waals surface area contributed by atoms with Gasteiger partial charge in [0.25, 0.3) is 0 Å². The molecule has 2 aromatic rings. The van der Waals surface area contributed by atoms with Gasteiger partial charge in [-0.05, 0) is 37.6 Å². The van der Waals surface area contributed by atoms with Crippen LogP contribution in [-0.4, -0.2) is 6.61 Å². The highest BCUT2D eigenvalue weighted by atomic mass is 19.3. The Kier molecular flexibility index (Phi) is 5.44. The van der Waals surface area contributed by atoms with Crippen LogP contribution >= 0.6 is 0 Å². The number of benzene rings is 2. The molecule has 2 nitrogen and oxygen atoms in total. The minimum Gasteiger partial charge on any atom is -0.435 e. The van der Waals surface area contributed by atoms with E-state index in [4.69, 9.17) is 0 Å². The van der Waals surface area contributed by atoms with Crippen molar-refractivity contribution in [2.45, 2.75) is 32.5 Å². The molecule has 0 aliphatic carbocycles. The monoisotopic (exact) mass is 309 g/mol. The topological polar surface area (TPSA) is 21.3 Å². The molecule has 2 rings (SSSR count). The lowest BCUT2D eigenvalue weighted by Gasteiger charge is -2.21. The third-order valence-electron chi connectivity index (χ3n) is 3.48. The predicted molar refractivity (Wildman–Crippen MR) is 79.4 cm³/mol. The number of nitrogens with one attached hydrogen (secondary N) is 1. The number of hydrogen-bond donors (Lipinski definition) is 1. The van der Waals surface area contributed by atoms with E-state index in [1.807, 2.05) is 13.8 Å². The maximum atomic E-state index is 13.7. The summed E-state index contributed by atoms with van der Waals surface area (Å²) < 4.78 is 42.3. The van der Waals surface area contributed by atoms with Gasteiger partial charge in [-0.25, -0.2) is 4.39 Å². The predicted octanol–water partition coefficient (Wildman–Crippen LogP) is 4.84. The first-order valence-electron chi connectivity index (χ1n) is 7.02. The maximum Gasteiger partial charge on any atom is 0.387 e. The Balaban J connectivity index is 2.02. The van der Waals surface area contributed by atoms with Crippen LogP contribution in [0.4, 0.5) is 13.2 Å². The van der Waals surface area contributed by atoms with Crippen molar-refractivity contribution < 1.29 is 17.9 Å². The zero-order valence-corrected chi connectivity index (χ0v) is 12.4. The number of hydrogen-bond acceptors (Lipinski definition) is 2. The molecule has 1 N–H and O–H groups in total. The Morgan fingerprint density at radius 3 is 2.14 bits per heavy atom. The molecule has 0 aromatic heterocycles. The second-order valence-corrected chi connectivity index (χ2v) is 5.08. The Bertz CT molecular complexity index is 601. The van der Waals surface area contributed by atoms with Crippen molar-refractivity contribution >= 4 is 0 Å². The molecule has 0 fully saturated rings. The zero-order valence-electron chi connectivity index (χ0n) is 12.4. The van der Waals surface area contributed by atoms with Crippen molar-refractivity contribution in [3.63, 3.8) is 0 Å². The second kappa shape index (κ2) is 7.31. The highest BCUT2D eigenvalue weighted by molar-refractivity contribution is 5.29. The molecular weight excluding hydrogens is 291 g/mol. The summed E-state index contributed by atoms with van der Waals surface area (Å²) in [6.45, 7) is 0.978. The Hall–Kier alpha value is -2.01. The Morgan fingerprint density at radius 2 is 1.55 bits per heavy atom. The van der Waals surface area contributed by atoms with Crippen molar-refractivity contribution in [2.24, 2.45) is 0 Å². The number of halogens is 3. The van der Waals surface area contributed by atoms with Gasteiger partial charge in [-0.3, -0.25) is 0 Å². The lowest BCUT2D eigenvalue weighted by molar-refractivity contribution is -0.0498. The van der Waals surface area contributed by atoms with Crippen LogP contribution in [0, 0.1) is 5.82 Å². The molecule has 0 bridgehead atoms. The molecule has 0 amide bonds. The standard InChI is InChI=1S/C17H18F3NO/c1-11(13-7-9-14(10-8-13)22-17(19)20)21-12(2)15-5-3-4-6-16(15)18/h3-12,17,21H,1-2H3. The third kappa shape index (κ3) is 4.24. The summed E-state index contributed by atoms with van der Waals surface area (Å²) in [7, 11) is 0. The SMILES string of the molecule is CC(NC(C)c1ccccc1F)c1ccc(OC(F)F)cc1. The van der Waals surface area contributed by atoms with E-state index in [0.29, 0.717) is 5.56 Å². The third-order valence-corrected chi connectivity index (χ3v) is 3.48. The van der Waals surface area contributed by atoms with Crippen molar-refractivity contribution in [1.82, 2.24) is 5.32 Å². The van der Waals surface area contributed by atoms with Gasteiger partial charge in [0.15, 0.2) is 0 Å². The smallest absolute Gasteiger partial charge is 0.387 e. The molecule has 22 heavy (non-hydrogen) atoms. The van der Waals surface area contributed by atoms with E-state index >= 15 is 0 Å². The van der Waals surface area contributed by atoms with Gasteiger partial charge >= 0.3 is 6.61 Å². The van der Waals surface area contributed by atoms with E-state index in [1.165, 1.54) is 18.2 Å². The molecule has 2 unspecified atom stereocenters. The van der Waals surface area contributed by atoms with Gasteiger partial charge in [0, 0.05) is 17.6 Å². The summed E-state index contributed by atoms with van der Waals surface area (Å²) in [6.07, 6.45) is 0. The van der Waals surface area contributed by atoms with Crippen LogP contribution in [-0.2, 0) is 0 Å². The van der Waals surface area contributed by atoms with Crippen LogP contribution in [0.15, 0.2) is 48.5 Å². The van der Waals surface area contributed by atoms with Gasteiger partial charge < -0.3 is 10.1 Å². The number of rotatable bonds is 6. The first-order valence-corrected chi connectivity index (χ1v) is 7.02. The van der Waals surface area contributed by atoms with E-state index < -0.39 is 6.61 Å². The lowest BCUT2D eigenvalue weighted by atomic mass is 10.0. The largest absolute Gasteiger partial charge is 0.435 e. The molecule has 0 spiro atoms. The van der Waals surface area contributed by atoms with Crippen LogP contribution in [0.1, 0.15) is 37.1 Å². The Labute approximate surface area is 127 Å². The molecule has 5 heteroatoms. The van der Waals surface area contributed by atoms with Gasteiger partial charge in [-0.2, -0.15) is 8.78 Å². The quantitative estimate of drug-likeness (QED) is 0.824. The van der Waals surface area contributed by atoms with E-state index in [1.54, 1.807) is 30.3 Å². The minimum absolute atomic E-state index is 0.0600. The van der Waals surface area contributed by atoms with Crippen LogP contribution in [0.5, 0.6) is 5.75 Å². The molecule has 0 saturated heterocycles. The summed E-state index contributed by atoms with van der Waals surface area (Å²) in [5, 5.41) is 3.28. The molecule has 0 heterocycles. The minimum atomic E-state index is -2.83. The summed E-state index contributed by atoms with van der Waals surface area (Å²) in [4.78, 5) is 0. The molecule has 2 atom stereocenters. The highest BCUT2D eigenvalue weighted by Gasteiger charge is 2.14. The van der Waals surface area contributed by atoms with E-state index in [9.17, 15) is 13.2 Å². The van der Waals surface area contributed by atoms with Crippen molar-refractivity contribution in [3.8, 4) is 5.75 Å². The first-order chi connectivity index (χ1) is 10.5. The van der Waals surface area contributed by atoms with Gasteiger partial charge in [-0.15, -0.1) is 0 Å². The summed E-state index contributed by atoms with van der Waals surface area (Å²) in [6, 6.07) is 12.8. The molecule has 118 valence electrons. The number of ether oxygens (including phenoxy) is 1. The van der Waals surface area contributed by atoms with E-state index in [-0.39, 0.29) is 23.7 Å². The van der Waals surface area contributed by atoms with Gasteiger partial charge in [-0.1, -0.05) is 30.3 Å². The fourth-order valence-corrected chi connectivity index (χ4v) is 2.33. The average molecular weight is 309 g/mol. The van der Waals surface area contributed by atoms with Crippen LogP contribution in [0.3, 0.4) is 0 Å².